The molecular formula is C17H17BrN2O3. The van der Waals surface area contributed by atoms with E-state index in [1.54, 1.807) is 7.05 Å². The first kappa shape index (κ1) is 17.0. The monoisotopic (exact) mass is 376 g/mol. The number of amides is 1. The van der Waals surface area contributed by atoms with Crippen molar-refractivity contribution in [2.24, 2.45) is 5.16 Å². The SMILES string of the molecule is CNC(=O)/C(=N/OC)c1ccccc1COc1cccc(Br)c1. The van der Waals surface area contributed by atoms with Gasteiger partial charge in [0.25, 0.3) is 5.91 Å². The van der Waals surface area contributed by atoms with E-state index in [1.807, 2.05) is 48.5 Å². The Bertz CT molecular complexity index is 716. The zero-order valence-electron chi connectivity index (χ0n) is 12.9. The lowest BCUT2D eigenvalue weighted by Crippen LogP contribution is -2.29. The van der Waals surface area contributed by atoms with E-state index in [4.69, 9.17) is 9.57 Å². The van der Waals surface area contributed by atoms with Gasteiger partial charge >= 0.3 is 0 Å². The molecule has 0 atom stereocenters. The topological polar surface area (TPSA) is 59.9 Å². The van der Waals surface area contributed by atoms with Crippen LogP contribution in [0, 0.1) is 0 Å². The first-order valence-electron chi connectivity index (χ1n) is 6.95. The number of halogens is 1. The van der Waals surface area contributed by atoms with Crippen molar-refractivity contribution >= 4 is 27.5 Å². The molecule has 0 heterocycles. The fraction of sp³-hybridized carbons (Fsp3) is 0.176. The van der Waals surface area contributed by atoms with Gasteiger partial charge in [0.15, 0.2) is 5.71 Å². The molecule has 5 nitrogen and oxygen atoms in total. The number of carbonyl (C=O) groups is 1. The molecule has 0 aromatic heterocycles. The zero-order valence-corrected chi connectivity index (χ0v) is 14.5. The number of hydrogen-bond donors (Lipinski definition) is 1. The van der Waals surface area contributed by atoms with E-state index in [1.165, 1.54) is 7.11 Å². The smallest absolute Gasteiger partial charge is 0.273 e. The largest absolute Gasteiger partial charge is 0.489 e. The van der Waals surface area contributed by atoms with Crippen molar-refractivity contribution in [1.82, 2.24) is 5.32 Å². The summed E-state index contributed by atoms with van der Waals surface area (Å²) in [4.78, 5) is 16.8. The Hall–Kier alpha value is -2.34. The third kappa shape index (κ3) is 4.56. The van der Waals surface area contributed by atoms with Crippen molar-refractivity contribution in [3.8, 4) is 5.75 Å². The minimum absolute atomic E-state index is 0.212. The number of likely N-dealkylation sites (N-methyl/N-ethyl adjacent to an activating group) is 1. The van der Waals surface area contributed by atoms with Crippen LogP contribution in [0.2, 0.25) is 0 Å². The summed E-state index contributed by atoms with van der Waals surface area (Å²) in [5.74, 6) is 0.418. The maximum absolute atomic E-state index is 12.0. The van der Waals surface area contributed by atoms with E-state index in [9.17, 15) is 4.79 Å². The standard InChI is InChI=1S/C17H17BrN2O3/c1-19-17(21)16(20-22-2)15-9-4-3-6-12(15)11-23-14-8-5-7-13(18)10-14/h3-10H,11H2,1-2H3,(H,19,21)/b20-16+. The summed E-state index contributed by atoms with van der Waals surface area (Å²) in [6.45, 7) is 0.312. The van der Waals surface area contributed by atoms with Gasteiger partial charge in [0.05, 0.1) is 0 Å². The summed E-state index contributed by atoms with van der Waals surface area (Å²) in [5, 5.41) is 6.40. The van der Waals surface area contributed by atoms with Crippen LogP contribution in [0.15, 0.2) is 58.2 Å². The summed E-state index contributed by atoms with van der Waals surface area (Å²) in [5.41, 5.74) is 1.72. The number of oxime groups is 1. The van der Waals surface area contributed by atoms with Gasteiger partial charge in [-0.25, -0.2) is 0 Å². The predicted octanol–water partition coefficient (Wildman–Crippen LogP) is 3.12. The summed E-state index contributed by atoms with van der Waals surface area (Å²) in [6.07, 6.45) is 0. The van der Waals surface area contributed by atoms with Crippen molar-refractivity contribution in [1.29, 1.82) is 0 Å². The molecular weight excluding hydrogens is 360 g/mol. The first-order chi connectivity index (χ1) is 11.2. The van der Waals surface area contributed by atoms with Gasteiger partial charge in [0, 0.05) is 17.1 Å². The van der Waals surface area contributed by atoms with Gasteiger partial charge in [0.1, 0.15) is 19.5 Å². The molecule has 1 N–H and O–H groups in total. The molecule has 6 heteroatoms. The van der Waals surface area contributed by atoms with E-state index in [0.717, 1.165) is 15.8 Å². The Morgan fingerprint density at radius 3 is 2.70 bits per heavy atom. The molecule has 0 fully saturated rings. The fourth-order valence-electron chi connectivity index (χ4n) is 2.02. The zero-order chi connectivity index (χ0) is 16.7. The molecule has 0 aliphatic rings. The Kier molecular flexibility index (Phi) is 6.17. The van der Waals surface area contributed by atoms with Crippen molar-refractivity contribution in [2.45, 2.75) is 6.61 Å². The van der Waals surface area contributed by atoms with Gasteiger partial charge in [-0.15, -0.1) is 0 Å². The number of benzene rings is 2. The third-order valence-corrected chi connectivity index (χ3v) is 3.58. The van der Waals surface area contributed by atoms with Crippen molar-refractivity contribution < 1.29 is 14.4 Å². The van der Waals surface area contributed by atoms with Crippen LogP contribution >= 0.6 is 15.9 Å². The second-order valence-corrected chi connectivity index (χ2v) is 5.52. The number of nitrogens with one attached hydrogen (secondary N) is 1. The molecule has 0 bridgehead atoms. The summed E-state index contributed by atoms with van der Waals surface area (Å²) < 4.78 is 6.74. The lowest BCUT2D eigenvalue weighted by Gasteiger charge is -2.12. The maximum atomic E-state index is 12.0. The molecule has 120 valence electrons. The molecule has 0 spiro atoms. The van der Waals surface area contributed by atoms with Crippen LogP contribution in [-0.4, -0.2) is 25.8 Å². The van der Waals surface area contributed by atoms with Gasteiger partial charge in [-0.1, -0.05) is 51.4 Å². The summed E-state index contributed by atoms with van der Waals surface area (Å²) in [7, 11) is 2.96. The second kappa shape index (κ2) is 8.33. The lowest BCUT2D eigenvalue weighted by molar-refractivity contribution is -0.114. The van der Waals surface area contributed by atoms with Crippen molar-refractivity contribution in [2.75, 3.05) is 14.2 Å². The lowest BCUT2D eigenvalue weighted by atomic mass is 10.0. The highest BCUT2D eigenvalue weighted by atomic mass is 79.9. The van der Waals surface area contributed by atoms with Crippen LogP contribution < -0.4 is 10.1 Å². The Labute approximate surface area is 143 Å². The number of nitrogens with zero attached hydrogens (tertiary/aromatic N) is 1. The van der Waals surface area contributed by atoms with Crippen LogP contribution in [0.3, 0.4) is 0 Å². The fourth-order valence-corrected chi connectivity index (χ4v) is 2.40. The highest BCUT2D eigenvalue weighted by molar-refractivity contribution is 9.10. The Morgan fingerprint density at radius 2 is 2.00 bits per heavy atom. The molecule has 23 heavy (non-hydrogen) atoms. The molecule has 0 unspecified atom stereocenters. The highest BCUT2D eigenvalue weighted by Gasteiger charge is 2.17. The van der Waals surface area contributed by atoms with Crippen LogP contribution in [-0.2, 0) is 16.2 Å². The molecule has 0 saturated carbocycles. The van der Waals surface area contributed by atoms with Gasteiger partial charge in [-0.3, -0.25) is 4.79 Å². The number of carbonyl (C=O) groups excluding carboxylic acids is 1. The van der Waals surface area contributed by atoms with E-state index in [2.05, 4.69) is 26.4 Å². The highest BCUT2D eigenvalue weighted by Crippen LogP contribution is 2.20. The van der Waals surface area contributed by atoms with E-state index in [-0.39, 0.29) is 11.6 Å². The Morgan fingerprint density at radius 1 is 1.22 bits per heavy atom. The molecule has 1 amide bonds. The molecule has 2 aromatic carbocycles. The molecule has 0 aliphatic carbocycles. The van der Waals surface area contributed by atoms with Crippen LogP contribution in [0.4, 0.5) is 0 Å². The third-order valence-electron chi connectivity index (χ3n) is 3.09. The van der Waals surface area contributed by atoms with Crippen LogP contribution in [0.25, 0.3) is 0 Å². The minimum atomic E-state index is -0.318. The van der Waals surface area contributed by atoms with Gasteiger partial charge < -0.3 is 14.9 Å². The quantitative estimate of drug-likeness (QED) is 0.622. The normalized spacial score (nSPS) is 11.0. The number of hydrogen-bond acceptors (Lipinski definition) is 4. The average molecular weight is 377 g/mol. The van der Waals surface area contributed by atoms with E-state index in [0.29, 0.717) is 12.2 Å². The van der Waals surface area contributed by atoms with Gasteiger partial charge in [-0.2, -0.15) is 0 Å². The van der Waals surface area contributed by atoms with Gasteiger partial charge in [0.2, 0.25) is 0 Å². The maximum Gasteiger partial charge on any atom is 0.273 e. The van der Waals surface area contributed by atoms with Crippen molar-refractivity contribution in [3.63, 3.8) is 0 Å². The van der Waals surface area contributed by atoms with Crippen LogP contribution in [0.1, 0.15) is 11.1 Å². The van der Waals surface area contributed by atoms with Gasteiger partial charge in [-0.05, 0) is 23.8 Å². The second-order valence-electron chi connectivity index (χ2n) is 4.60. The number of ether oxygens (including phenoxy) is 1. The summed E-state index contributed by atoms with van der Waals surface area (Å²) >= 11 is 3.41. The van der Waals surface area contributed by atoms with Crippen LogP contribution in [0.5, 0.6) is 5.75 Å². The molecule has 0 aliphatic heterocycles. The van der Waals surface area contributed by atoms with E-state index >= 15 is 0 Å². The number of rotatable bonds is 6. The average Bonchev–Trinajstić information content (AvgIpc) is 2.58. The Balaban J connectivity index is 2.26. The van der Waals surface area contributed by atoms with Crippen molar-refractivity contribution in [3.05, 3.63) is 64.1 Å². The van der Waals surface area contributed by atoms with E-state index < -0.39 is 0 Å². The molecule has 2 rings (SSSR count). The minimum Gasteiger partial charge on any atom is -0.489 e. The first-order valence-corrected chi connectivity index (χ1v) is 7.75. The predicted molar refractivity (Wildman–Crippen MR) is 92.5 cm³/mol. The summed E-state index contributed by atoms with van der Waals surface area (Å²) in [6, 6.07) is 15.0. The molecule has 0 radical (unpaired) electrons. The molecule has 0 saturated heterocycles. The molecule has 2 aromatic rings.